The second-order valence-corrected chi connectivity index (χ2v) is 4.90. The molecule has 1 fully saturated rings. The quantitative estimate of drug-likeness (QED) is 0.897. The first-order valence-electron chi connectivity index (χ1n) is 7.26. The van der Waals surface area contributed by atoms with E-state index in [0.717, 1.165) is 11.1 Å². The molecule has 3 unspecified atom stereocenters. The second-order valence-electron chi connectivity index (χ2n) is 4.90. The average Bonchev–Trinajstić information content (AvgIpc) is 2.43. The van der Waals surface area contributed by atoms with Gasteiger partial charge in [-0.2, -0.15) is 0 Å². The van der Waals surface area contributed by atoms with Crippen LogP contribution in [0.5, 0.6) is 5.75 Å². The minimum atomic E-state index is -1.08. The first-order chi connectivity index (χ1) is 9.95. The monoisotopic (exact) mass is 296 g/mol. The Morgan fingerprint density at radius 3 is 2.52 bits per heavy atom. The maximum absolute atomic E-state index is 10.9. The van der Waals surface area contributed by atoms with Crippen LogP contribution in [0.25, 0.3) is 0 Å². The van der Waals surface area contributed by atoms with Crippen LogP contribution in [0, 0.1) is 13.8 Å². The molecule has 21 heavy (non-hydrogen) atoms. The lowest BCUT2D eigenvalue weighted by atomic mass is 10.1. The van der Waals surface area contributed by atoms with E-state index in [4.69, 9.17) is 14.6 Å². The molecule has 1 aliphatic heterocycles. The third kappa shape index (κ3) is 5.02. The predicted octanol–water partition coefficient (Wildman–Crippen LogP) is 2.66. The van der Waals surface area contributed by atoms with Crippen molar-refractivity contribution in [1.29, 1.82) is 0 Å². The van der Waals surface area contributed by atoms with Gasteiger partial charge in [0.25, 0.3) is 0 Å². The zero-order chi connectivity index (χ0) is 16.0. The third-order valence-electron chi connectivity index (χ3n) is 3.13. The van der Waals surface area contributed by atoms with Gasteiger partial charge in [-0.1, -0.05) is 31.5 Å². The fourth-order valence-corrected chi connectivity index (χ4v) is 2.17. The molecule has 5 nitrogen and oxygen atoms in total. The number of aliphatic hydroxyl groups is 1. The summed E-state index contributed by atoms with van der Waals surface area (Å²) >= 11 is 0. The number of hydrogen-bond acceptors (Lipinski definition) is 4. The number of aryl methyl sites for hydroxylation is 2. The van der Waals surface area contributed by atoms with Crippen LogP contribution < -0.4 is 4.74 Å². The van der Waals surface area contributed by atoms with E-state index in [1.807, 2.05) is 45.9 Å². The smallest absolute Gasteiger partial charge is 0.333 e. The molecule has 0 spiro atoms. The molecule has 2 N–H and O–H groups in total. The minimum Gasteiger partial charge on any atom is -0.479 e. The summed E-state index contributed by atoms with van der Waals surface area (Å²) in [6.45, 7) is 7.90. The van der Waals surface area contributed by atoms with Crippen LogP contribution in [-0.4, -0.2) is 34.7 Å². The van der Waals surface area contributed by atoms with Gasteiger partial charge in [0.1, 0.15) is 5.75 Å². The number of carbonyl (C=O) groups is 1. The van der Waals surface area contributed by atoms with Gasteiger partial charge in [0.05, 0.1) is 6.10 Å². The van der Waals surface area contributed by atoms with Crippen molar-refractivity contribution in [2.45, 2.75) is 59.0 Å². The Morgan fingerprint density at radius 1 is 1.29 bits per heavy atom. The van der Waals surface area contributed by atoms with Crippen molar-refractivity contribution in [3.63, 3.8) is 0 Å². The van der Waals surface area contributed by atoms with Crippen LogP contribution in [0.2, 0.25) is 0 Å². The molecule has 0 aliphatic carbocycles. The largest absolute Gasteiger partial charge is 0.479 e. The van der Waals surface area contributed by atoms with Crippen molar-refractivity contribution in [3.8, 4) is 5.75 Å². The van der Waals surface area contributed by atoms with Crippen LogP contribution in [0.4, 0.5) is 0 Å². The highest BCUT2D eigenvalue weighted by Gasteiger charge is 2.34. The number of carboxylic acids is 1. The Balaban J connectivity index is 0.00000106. The molecule has 3 atom stereocenters. The summed E-state index contributed by atoms with van der Waals surface area (Å²) in [7, 11) is 0. The van der Waals surface area contributed by atoms with Crippen LogP contribution in [0.1, 0.15) is 37.8 Å². The highest BCUT2D eigenvalue weighted by Crippen LogP contribution is 2.26. The molecule has 0 aromatic heterocycles. The molecule has 1 aromatic carbocycles. The lowest BCUT2D eigenvalue weighted by Crippen LogP contribution is -2.42. The molecule has 1 aromatic rings. The number of aliphatic carboxylic acids is 1. The van der Waals surface area contributed by atoms with Gasteiger partial charge in [0.15, 0.2) is 6.10 Å². The van der Waals surface area contributed by atoms with E-state index in [2.05, 4.69) is 0 Å². The summed E-state index contributed by atoms with van der Waals surface area (Å²) in [6, 6.07) is 5.71. The lowest BCUT2D eigenvalue weighted by molar-refractivity contribution is -0.195. The van der Waals surface area contributed by atoms with Crippen LogP contribution in [0.15, 0.2) is 18.2 Å². The molecule has 1 saturated heterocycles. The molecular formula is C16H24O5. The zero-order valence-electron chi connectivity index (χ0n) is 13.0. The van der Waals surface area contributed by atoms with E-state index < -0.39 is 24.5 Å². The Kier molecular flexibility index (Phi) is 6.65. The molecule has 2 rings (SSSR count). The van der Waals surface area contributed by atoms with Crippen molar-refractivity contribution < 1.29 is 24.5 Å². The van der Waals surface area contributed by atoms with Crippen molar-refractivity contribution in [2.75, 3.05) is 0 Å². The molecule has 118 valence electrons. The summed E-state index contributed by atoms with van der Waals surface area (Å²) < 4.78 is 11.0. The normalized spacial score (nSPS) is 24.7. The lowest BCUT2D eigenvalue weighted by Gasteiger charge is -2.31. The van der Waals surface area contributed by atoms with Gasteiger partial charge >= 0.3 is 5.97 Å². The molecule has 1 heterocycles. The summed E-state index contributed by atoms with van der Waals surface area (Å²) in [5.74, 6) is -0.429. The van der Waals surface area contributed by atoms with Crippen molar-refractivity contribution in [2.24, 2.45) is 0 Å². The molecule has 5 heteroatoms. The molecule has 0 saturated carbocycles. The number of ether oxygens (including phenoxy) is 2. The Morgan fingerprint density at radius 2 is 1.95 bits per heavy atom. The number of hydrogen-bond donors (Lipinski definition) is 2. The summed E-state index contributed by atoms with van der Waals surface area (Å²) in [6.07, 6.45) is -2.09. The maximum Gasteiger partial charge on any atom is 0.333 e. The number of aliphatic hydroxyl groups excluding tert-OH is 1. The van der Waals surface area contributed by atoms with Crippen molar-refractivity contribution >= 4 is 5.97 Å². The summed E-state index contributed by atoms with van der Waals surface area (Å²) in [4.78, 5) is 10.9. The van der Waals surface area contributed by atoms with Crippen molar-refractivity contribution in [3.05, 3.63) is 29.3 Å². The van der Waals surface area contributed by atoms with Gasteiger partial charge in [0.2, 0.25) is 6.29 Å². The molecule has 0 amide bonds. The van der Waals surface area contributed by atoms with Crippen LogP contribution in [0.3, 0.4) is 0 Å². The summed E-state index contributed by atoms with van der Waals surface area (Å²) in [5, 5.41) is 18.6. The van der Waals surface area contributed by atoms with E-state index in [1.165, 1.54) is 0 Å². The van der Waals surface area contributed by atoms with Gasteiger partial charge in [0, 0.05) is 12.8 Å². The predicted molar refractivity (Wildman–Crippen MR) is 79.4 cm³/mol. The third-order valence-corrected chi connectivity index (χ3v) is 3.13. The van der Waals surface area contributed by atoms with E-state index >= 15 is 0 Å². The van der Waals surface area contributed by atoms with Gasteiger partial charge in [-0.15, -0.1) is 0 Å². The zero-order valence-corrected chi connectivity index (χ0v) is 13.0. The van der Waals surface area contributed by atoms with Crippen molar-refractivity contribution in [1.82, 2.24) is 0 Å². The van der Waals surface area contributed by atoms with E-state index in [0.29, 0.717) is 5.75 Å². The van der Waals surface area contributed by atoms with Gasteiger partial charge in [-0.3, -0.25) is 0 Å². The molecule has 1 aliphatic rings. The Bertz CT molecular complexity index is 472. The average molecular weight is 296 g/mol. The topological polar surface area (TPSA) is 76.0 Å². The standard InChI is InChI=1S/C14H18O5.C2H6/c1-8-3-4-11(9(2)5-8)18-13-7-10(15)6-12(19-13)14(16)17;1-2/h3-5,10,12-13,15H,6-7H2,1-2H3,(H,16,17);1-2H3. The highest BCUT2D eigenvalue weighted by atomic mass is 16.7. The fraction of sp³-hybridized carbons (Fsp3) is 0.562. The fourth-order valence-electron chi connectivity index (χ4n) is 2.17. The van der Waals surface area contributed by atoms with Gasteiger partial charge in [-0.25, -0.2) is 4.79 Å². The number of carboxylic acid groups (broad SMARTS) is 1. The molecule has 0 radical (unpaired) electrons. The molecule has 0 bridgehead atoms. The van der Waals surface area contributed by atoms with Gasteiger partial charge < -0.3 is 19.7 Å². The molecular weight excluding hydrogens is 272 g/mol. The van der Waals surface area contributed by atoms with Gasteiger partial charge in [-0.05, 0) is 25.5 Å². The van der Waals surface area contributed by atoms with E-state index in [1.54, 1.807) is 0 Å². The Hall–Kier alpha value is -1.59. The number of rotatable bonds is 3. The highest BCUT2D eigenvalue weighted by molar-refractivity contribution is 5.72. The second kappa shape index (κ2) is 8.00. The number of benzene rings is 1. The maximum atomic E-state index is 10.9. The SMILES string of the molecule is CC.Cc1ccc(OC2CC(O)CC(C(=O)O)O2)c(C)c1. The van der Waals surface area contributed by atoms with E-state index in [9.17, 15) is 9.90 Å². The van der Waals surface area contributed by atoms with Crippen LogP contribution in [-0.2, 0) is 9.53 Å². The minimum absolute atomic E-state index is 0.0993. The first-order valence-corrected chi connectivity index (χ1v) is 7.26. The van der Waals surface area contributed by atoms with E-state index in [-0.39, 0.29) is 12.8 Å². The summed E-state index contributed by atoms with van der Waals surface area (Å²) in [5.41, 5.74) is 2.08. The first kappa shape index (κ1) is 17.5. The van der Waals surface area contributed by atoms with Crippen LogP contribution >= 0.6 is 0 Å². The Labute approximate surface area is 125 Å².